The van der Waals surface area contributed by atoms with Gasteiger partial charge in [-0.25, -0.2) is 4.98 Å². The van der Waals surface area contributed by atoms with E-state index in [0.29, 0.717) is 23.0 Å². The van der Waals surface area contributed by atoms with Gasteiger partial charge in [-0.15, -0.1) is 0 Å². The zero-order valence-corrected chi connectivity index (χ0v) is 19.9. The van der Waals surface area contributed by atoms with Gasteiger partial charge in [-0.05, 0) is 71.8 Å². The van der Waals surface area contributed by atoms with Crippen LogP contribution >= 0.6 is 0 Å². The third-order valence-corrected chi connectivity index (χ3v) is 5.61. The van der Waals surface area contributed by atoms with Crippen LogP contribution in [-0.2, 0) is 0 Å². The molecule has 1 heterocycles. The Hall–Kier alpha value is -4.19. The molecule has 0 saturated carbocycles. The summed E-state index contributed by atoms with van der Waals surface area (Å²) in [6.07, 6.45) is 0. The van der Waals surface area contributed by atoms with E-state index in [2.05, 4.69) is 12.1 Å². The highest BCUT2D eigenvalue weighted by atomic mass is 16.5. The van der Waals surface area contributed by atoms with E-state index < -0.39 is 0 Å². The molecule has 0 radical (unpaired) electrons. The summed E-state index contributed by atoms with van der Waals surface area (Å²) in [7, 11) is 8.14. The summed E-state index contributed by atoms with van der Waals surface area (Å²) in [6.45, 7) is 0. The molecule has 6 nitrogen and oxygen atoms in total. The molecule has 0 unspecified atom stereocenters. The Labute approximate surface area is 199 Å². The first-order valence-corrected chi connectivity index (χ1v) is 10.7. The topological polar surface area (TPSA) is 59.0 Å². The highest BCUT2D eigenvalue weighted by molar-refractivity contribution is 5.78. The van der Waals surface area contributed by atoms with Crippen LogP contribution in [0.25, 0.3) is 33.6 Å². The number of rotatable bonds is 8. The van der Waals surface area contributed by atoms with Crippen LogP contribution in [0.1, 0.15) is 0 Å². The van der Waals surface area contributed by atoms with Crippen LogP contribution in [0, 0.1) is 0 Å². The lowest BCUT2D eigenvalue weighted by Crippen LogP contribution is -1.95. The average molecular weight is 458 g/mol. The van der Waals surface area contributed by atoms with Crippen molar-refractivity contribution in [3.8, 4) is 62.4 Å². The Morgan fingerprint density at radius 1 is 0.412 bits per heavy atom. The second-order valence-corrected chi connectivity index (χ2v) is 7.49. The van der Waals surface area contributed by atoms with Crippen LogP contribution in [-0.4, -0.2) is 40.5 Å². The molecule has 6 heteroatoms. The van der Waals surface area contributed by atoms with E-state index >= 15 is 0 Å². The van der Waals surface area contributed by atoms with Crippen molar-refractivity contribution < 1.29 is 23.7 Å². The Kier molecular flexibility index (Phi) is 6.87. The molecule has 34 heavy (non-hydrogen) atoms. The van der Waals surface area contributed by atoms with Crippen LogP contribution in [0.2, 0.25) is 0 Å². The fourth-order valence-corrected chi connectivity index (χ4v) is 3.77. The molecule has 3 aromatic carbocycles. The third-order valence-electron chi connectivity index (χ3n) is 5.61. The average Bonchev–Trinajstić information content (AvgIpc) is 2.91. The van der Waals surface area contributed by atoms with Crippen molar-refractivity contribution in [2.45, 2.75) is 0 Å². The van der Waals surface area contributed by atoms with Crippen molar-refractivity contribution in [3.05, 3.63) is 72.8 Å². The van der Waals surface area contributed by atoms with E-state index in [1.165, 1.54) is 0 Å². The largest absolute Gasteiger partial charge is 0.497 e. The van der Waals surface area contributed by atoms with E-state index in [0.717, 1.165) is 39.4 Å². The monoisotopic (exact) mass is 457 g/mol. The number of hydrogen-bond acceptors (Lipinski definition) is 6. The van der Waals surface area contributed by atoms with E-state index in [1.807, 2.05) is 60.7 Å². The fourth-order valence-electron chi connectivity index (χ4n) is 3.77. The number of aromatic nitrogens is 1. The van der Waals surface area contributed by atoms with Crippen LogP contribution < -0.4 is 23.7 Å². The Morgan fingerprint density at radius 3 is 1.26 bits per heavy atom. The molecule has 0 aliphatic heterocycles. The zero-order valence-electron chi connectivity index (χ0n) is 19.9. The van der Waals surface area contributed by atoms with Crippen molar-refractivity contribution in [2.75, 3.05) is 35.5 Å². The van der Waals surface area contributed by atoms with Crippen LogP contribution in [0.3, 0.4) is 0 Å². The Bertz CT molecular complexity index is 1210. The minimum atomic E-state index is 0.643. The molecule has 1 aromatic heterocycles. The fraction of sp³-hybridized carbons (Fsp3) is 0.179. The lowest BCUT2D eigenvalue weighted by atomic mass is 9.99. The molecule has 0 saturated heterocycles. The van der Waals surface area contributed by atoms with Crippen LogP contribution in [0.4, 0.5) is 0 Å². The van der Waals surface area contributed by atoms with Gasteiger partial charge in [0.05, 0.1) is 46.9 Å². The minimum absolute atomic E-state index is 0.643. The second-order valence-electron chi connectivity index (χ2n) is 7.49. The normalized spacial score (nSPS) is 10.5. The standard InChI is InChI=1S/C28H27NO5/c1-30-22-10-6-18(7-11-22)21-14-23(19-8-12-25(31-2)27(16-19)33-4)29-24(15-21)20-9-13-26(32-3)28(17-20)34-5/h6-17H,1-5H3. The predicted octanol–water partition coefficient (Wildman–Crippen LogP) is 6.13. The molecule has 0 spiro atoms. The van der Waals surface area contributed by atoms with Crippen molar-refractivity contribution in [1.82, 2.24) is 4.98 Å². The molecular formula is C28H27NO5. The summed E-state index contributed by atoms with van der Waals surface area (Å²) >= 11 is 0. The number of nitrogens with zero attached hydrogens (tertiary/aromatic N) is 1. The molecule has 0 aliphatic carbocycles. The maximum absolute atomic E-state index is 5.51. The Morgan fingerprint density at radius 2 is 0.853 bits per heavy atom. The number of pyridine rings is 1. The van der Waals surface area contributed by atoms with Gasteiger partial charge in [-0.3, -0.25) is 0 Å². The molecule has 0 fully saturated rings. The number of methoxy groups -OCH3 is 5. The van der Waals surface area contributed by atoms with Gasteiger partial charge < -0.3 is 23.7 Å². The molecule has 0 atom stereocenters. The van der Waals surface area contributed by atoms with E-state index in [9.17, 15) is 0 Å². The highest BCUT2D eigenvalue weighted by Crippen LogP contribution is 2.37. The molecule has 174 valence electrons. The highest BCUT2D eigenvalue weighted by Gasteiger charge is 2.13. The molecule has 4 aromatic rings. The molecule has 0 N–H and O–H groups in total. The quantitative estimate of drug-likeness (QED) is 0.317. The first-order chi connectivity index (χ1) is 16.6. The summed E-state index contributed by atoms with van der Waals surface area (Å²) in [6, 6.07) is 23.6. The van der Waals surface area contributed by atoms with Gasteiger partial charge in [0, 0.05) is 11.1 Å². The van der Waals surface area contributed by atoms with Gasteiger partial charge in [0.25, 0.3) is 0 Å². The summed E-state index contributed by atoms with van der Waals surface area (Å²) in [4.78, 5) is 4.98. The van der Waals surface area contributed by atoms with Crippen LogP contribution in [0.15, 0.2) is 72.8 Å². The van der Waals surface area contributed by atoms with E-state index in [4.69, 9.17) is 28.7 Å². The third kappa shape index (κ3) is 4.62. The van der Waals surface area contributed by atoms with Crippen molar-refractivity contribution in [3.63, 3.8) is 0 Å². The van der Waals surface area contributed by atoms with E-state index in [-0.39, 0.29) is 0 Å². The van der Waals surface area contributed by atoms with Crippen molar-refractivity contribution in [2.24, 2.45) is 0 Å². The lowest BCUT2D eigenvalue weighted by molar-refractivity contribution is 0.355. The number of hydrogen-bond donors (Lipinski definition) is 0. The number of ether oxygens (including phenoxy) is 5. The van der Waals surface area contributed by atoms with E-state index in [1.54, 1.807) is 35.5 Å². The van der Waals surface area contributed by atoms with Crippen molar-refractivity contribution in [1.29, 1.82) is 0 Å². The maximum atomic E-state index is 5.51. The molecule has 0 aliphatic rings. The molecular weight excluding hydrogens is 430 g/mol. The predicted molar refractivity (Wildman–Crippen MR) is 133 cm³/mol. The first kappa shape index (κ1) is 23.0. The van der Waals surface area contributed by atoms with Gasteiger partial charge in [0.1, 0.15) is 5.75 Å². The van der Waals surface area contributed by atoms with Gasteiger partial charge in [-0.2, -0.15) is 0 Å². The molecule has 0 amide bonds. The zero-order chi connectivity index (χ0) is 24.1. The number of benzene rings is 3. The first-order valence-electron chi connectivity index (χ1n) is 10.7. The van der Waals surface area contributed by atoms with Gasteiger partial charge in [-0.1, -0.05) is 12.1 Å². The Balaban J connectivity index is 1.89. The summed E-state index contributed by atoms with van der Waals surface area (Å²) in [5, 5.41) is 0. The molecule has 0 bridgehead atoms. The summed E-state index contributed by atoms with van der Waals surface area (Å²) in [5.74, 6) is 3.42. The van der Waals surface area contributed by atoms with Crippen LogP contribution in [0.5, 0.6) is 28.7 Å². The lowest BCUT2D eigenvalue weighted by Gasteiger charge is -2.14. The van der Waals surface area contributed by atoms with Crippen molar-refractivity contribution >= 4 is 0 Å². The SMILES string of the molecule is COc1ccc(-c2cc(-c3ccc(OC)c(OC)c3)nc(-c3ccc(OC)c(OC)c3)c2)cc1. The van der Waals surface area contributed by atoms with Gasteiger partial charge >= 0.3 is 0 Å². The smallest absolute Gasteiger partial charge is 0.161 e. The maximum Gasteiger partial charge on any atom is 0.161 e. The molecule has 4 rings (SSSR count). The summed E-state index contributed by atoms with van der Waals surface area (Å²) < 4.78 is 27.1. The van der Waals surface area contributed by atoms with Gasteiger partial charge in [0.15, 0.2) is 23.0 Å². The minimum Gasteiger partial charge on any atom is -0.497 e. The summed E-state index contributed by atoms with van der Waals surface area (Å²) in [5.41, 5.74) is 5.50. The van der Waals surface area contributed by atoms with Gasteiger partial charge in [0.2, 0.25) is 0 Å². The second kappa shape index (κ2) is 10.2.